The van der Waals surface area contributed by atoms with E-state index in [2.05, 4.69) is 12.1 Å². The minimum absolute atomic E-state index is 0.639. The van der Waals surface area contributed by atoms with Crippen LogP contribution in [-0.2, 0) is 0 Å². The van der Waals surface area contributed by atoms with Crippen molar-refractivity contribution in [1.29, 1.82) is 0 Å². The molecule has 0 amide bonds. The van der Waals surface area contributed by atoms with Crippen LogP contribution in [0.5, 0.6) is 0 Å². The van der Waals surface area contributed by atoms with Crippen LogP contribution in [0.4, 0.5) is 5.69 Å². The zero-order chi connectivity index (χ0) is 14.4. The molecule has 21 heavy (non-hydrogen) atoms. The summed E-state index contributed by atoms with van der Waals surface area (Å²) in [5, 5.41) is 2.82. The second kappa shape index (κ2) is 4.54. The van der Waals surface area contributed by atoms with E-state index < -0.39 is 0 Å². The number of para-hydroxylation sites is 1. The van der Waals surface area contributed by atoms with Crippen molar-refractivity contribution < 1.29 is 4.42 Å². The summed E-state index contributed by atoms with van der Waals surface area (Å²) in [6.45, 7) is 0. The third-order valence-corrected chi connectivity index (χ3v) is 3.94. The summed E-state index contributed by atoms with van der Waals surface area (Å²) >= 11 is 6.00. The Morgan fingerprint density at radius 3 is 2.48 bits per heavy atom. The molecule has 4 rings (SSSR count). The zero-order valence-corrected chi connectivity index (χ0v) is 11.9. The van der Waals surface area contributed by atoms with Gasteiger partial charge in [-0.3, -0.25) is 0 Å². The average Bonchev–Trinajstić information content (AvgIpc) is 2.86. The molecule has 0 aliphatic carbocycles. The summed E-state index contributed by atoms with van der Waals surface area (Å²) in [5.41, 5.74) is 10.6. The molecule has 102 valence electrons. The fraction of sp³-hybridized carbons (Fsp3) is 0. The molecule has 0 atom stereocenters. The van der Waals surface area contributed by atoms with Crippen molar-refractivity contribution in [3.05, 3.63) is 65.7 Å². The minimum Gasteiger partial charge on any atom is -0.456 e. The van der Waals surface area contributed by atoms with Gasteiger partial charge in [0.25, 0.3) is 0 Å². The second-order valence-electron chi connectivity index (χ2n) is 5.01. The van der Waals surface area contributed by atoms with Gasteiger partial charge in [0.2, 0.25) is 0 Å². The van der Waals surface area contributed by atoms with E-state index in [0.717, 1.165) is 33.1 Å². The Labute approximate surface area is 126 Å². The highest BCUT2D eigenvalue weighted by molar-refractivity contribution is 6.31. The van der Waals surface area contributed by atoms with Gasteiger partial charge in [0, 0.05) is 27.0 Å². The summed E-state index contributed by atoms with van der Waals surface area (Å²) < 4.78 is 5.91. The highest BCUT2D eigenvalue weighted by Gasteiger charge is 2.13. The Bertz CT molecular complexity index is 971. The maximum atomic E-state index is 6.14. The lowest BCUT2D eigenvalue weighted by molar-refractivity contribution is 0.669. The summed E-state index contributed by atoms with van der Waals surface area (Å²) in [4.78, 5) is 0. The van der Waals surface area contributed by atoms with Crippen molar-refractivity contribution in [3.63, 3.8) is 0 Å². The van der Waals surface area contributed by atoms with Crippen LogP contribution >= 0.6 is 11.6 Å². The predicted molar refractivity (Wildman–Crippen MR) is 88.6 cm³/mol. The molecule has 0 saturated heterocycles. The van der Waals surface area contributed by atoms with Gasteiger partial charge in [0.1, 0.15) is 11.2 Å². The summed E-state index contributed by atoms with van der Waals surface area (Å²) in [6, 6.07) is 19.6. The van der Waals surface area contributed by atoms with E-state index in [1.54, 1.807) is 6.07 Å². The number of fused-ring (bicyclic) bond motifs is 3. The molecule has 1 heterocycles. The monoisotopic (exact) mass is 293 g/mol. The van der Waals surface area contributed by atoms with E-state index in [1.807, 2.05) is 42.5 Å². The van der Waals surface area contributed by atoms with Crippen molar-refractivity contribution in [3.8, 4) is 11.1 Å². The number of furan rings is 1. The van der Waals surface area contributed by atoms with Gasteiger partial charge in [0.05, 0.1) is 0 Å². The van der Waals surface area contributed by atoms with Crippen LogP contribution in [0.1, 0.15) is 0 Å². The number of nitrogens with two attached hydrogens (primary N) is 1. The van der Waals surface area contributed by atoms with Crippen LogP contribution in [-0.4, -0.2) is 0 Å². The summed E-state index contributed by atoms with van der Waals surface area (Å²) in [6.07, 6.45) is 0. The highest BCUT2D eigenvalue weighted by atomic mass is 35.5. The van der Waals surface area contributed by atoms with Gasteiger partial charge in [-0.05, 0) is 29.8 Å². The molecule has 1 aromatic heterocycles. The van der Waals surface area contributed by atoms with Crippen molar-refractivity contribution in [1.82, 2.24) is 0 Å². The third-order valence-electron chi connectivity index (χ3n) is 3.71. The van der Waals surface area contributed by atoms with Gasteiger partial charge in [-0.25, -0.2) is 0 Å². The minimum atomic E-state index is 0.639. The molecule has 2 N–H and O–H groups in total. The molecule has 0 spiro atoms. The van der Waals surface area contributed by atoms with E-state index in [4.69, 9.17) is 21.8 Å². The number of hydrogen-bond donors (Lipinski definition) is 1. The smallest absolute Gasteiger partial charge is 0.136 e. The normalized spacial score (nSPS) is 11.3. The fourth-order valence-corrected chi connectivity index (χ4v) is 2.96. The zero-order valence-electron chi connectivity index (χ0n) is 11.1. The van der Waals surface area contributed by atoms with Crippen LogP contribution in [0, 0.1) is 0 Å². The first kappa shape index (κ1) is 12.3. The van der Waals surface area contributed by atoms with Gasteiger partial charge in [-0.2, -0.15) is 0 Å². The molecule has 0 unspecified atom stereocenters. The fourth-order valence-electron chi connectivity index (χ4n) is 2.78. The SMILES string of the molecule is Nc1cc(Cl)ccc1-c1cccc2oc3ccccc3c12. The molecule has 0 bridgehead atoms. The van der Waals surface area contributed by atoms with Crippen molar-refractivity contribution in [2.45, 2.75) is 0 Å². The maximum absolute atomic E-state index is 6.14. The molecule has 3 aromatic carbocycles. The molecule has 0 aliphatic heterocycles. The van der Waals surface area contributed by atoms with Crippen LogP contribution in [0.25, 0.3) is 33.1 Å². The molecular weight excluding hydrogens is 282 g/mol. The quantitative estimate of drug-likeness (QED) is 0.471. The number of halogens is 1. The lowest BCUT2D eigenvalue weighted by Gasteiger charge is -2.07. The van der Waals surface area contributed by atoms with Gasteiger partial charge in [-0.1, -0.05) is 48.0 Å². The molecule has 2 nitrogen and oxygen atoms in total. The molecular formula is C18H12ClNO. The van der Waals surface area contributed by atoms with E-state index in [9.17, 15) is 0 Å². The number of nitrogen functional groups attached to an aromatic ring is 1. The molecule has 3 heteroatoms. The molecule has 4 aromatic rings. The van der Waals surface area contributed by atoms with E-state index in [1.165, 1.54) is 0 Å². The molecule has 0 fully saturated rings. The van der Waals surface area contributed by atoms with Gasteiger partial charge >= 0.3 is 0 Å². The average molecular weight is 294 g/mol. The van der Waals surface area contributed by atoms with Gasteiger partial charge in [-0.15, -0.1) is 0 Å². The number of rotatable bonds is 1. The topological polar surface area (TPSA) is 39.2 Å². The second-order valence-corrected chi connectivity index (χ2v) is 5.44. The van der Waals surface area contributed by atoms with Gasteiger partial charge in [0.15, 0.2) is 0 Å². The van der Waals surface area contributed by atoms with E-state index in [-0.39, 0.29) is 0 Å². The summed E-state index contributed by atoms with van der Waals surface area (Å²) in [5.74, 6) is 0. The first-order valence-electron chi connectivity index (χ1n) is 6.70. The Kier molecular flexibility index (Phi) is 2.66. The maximum Gasteiger partial charge on any atom is 0.136 e. The van der Waals surface area contributed by atoms with E-state index in [0.29, 0.717) is 10.7 Å². The van der Waals surface area contributed by atoms with Crippen LogP contribution < -0.4 is 5.73 Å². The predicted octanol–water partition coefficient (Wildman–Crippen LogP) is 5.49. The van der Waals surface area contributed by atoms with Crippen LogP contribution in [0.3, 0.4) is 0 Å². The number of hydrogen-bond acceptors (Lipinski definition) is 2. The lowest BCUT2D eigenvalue weighted by Crippen LogP contribution is -1.90. The van der Waals surface area contributed by atoms with E-state index >= 15 is 0 Å². The van der Waals surface area contributed by atoms with Gasteiger partial charge < -0.3 is 10.2 Å². The molecule has 0 aliphatic rings. The Morgan fingerprint density at radius 1 is 0.810 bits per heavy atom. The Morgan fingerprint density at radius 2 is 1.62 bits per heavy atom. The van der Waals surface area contributed by atoms with Crippen LogP contribution in [0.2, 0.25) is 5.02 Å². The number of anilines is 1. The standard InChI is InChI=1S/C18H12ClNO/c19-11-8-9-12(15(20)10-11)13-5-3-7-17-18(13)14-4-1-2-6-16(14)21-17/h1-10H,20H2. The lowest BCUT2D eigenvalue weighted by atomic mass is 9.98. The highest BCUT2D eigenvalue weighted by Crippen LogP contribution is 2.38. The largest absolute Gasteiger partial charge is 0.456 e. The van der Waals surface area contributed by atoms with Crippen LogP contribution in [0.15, 0.2) is 65.1 Å². The van der Waals surface area contributed by atoms with Crippen molar-refractivity contribution >= 4 is 39.2 Å². The Balaban J connectivity index is 2.13. The number of benzene rings is 3. The third kappa shape index (κ3) is 1.88. The summed E-state index contributed by atoms with van der Waals surface area (Å²) in [7, 11) is 0. The van der Waals surface area contributed by atoms with Crippen molar-refractivity contribution in [2.75, 3.05) is 5.73 Å². The molecule has 0 radical (unpaired) electrons. The Hall–Kier alpha value is -2.45. The van der Waals surface area contributed by atoms with Crippen molar-refractivity contribution in [2.24, 2.45) is 0 Å². The molecule has 0 saturated carbocycles. The first-order valence-corrected chi connectivity index (χ1v) is 7.07. The first-order chi connectivity index (χ1) is 10.2.